The van der Waals surface area contributed by atoms with Crippen LogP contribution in [0.15, 0.2) is 54.6 Å². The van der Waals surface area contributed by atoms with Crippen molar-refractivity contribution < 1.29 is 58.5 Å². The Morgan fingerprint density at radius 2 is 0.704 bits per heavy atom. The van der Waals surface area contributed by atoms with Gasteiger partial charge in [-0.2, -0.15) is 0 Å². The van der Waals surface area contributed by atoms with E-state index < -0.39 is 36.0 Å². The maximum atomic E-state index is 11.7. The van der Waals surface area contributed by atoms with Gasteiger partial charge in [-0.25, -0.2) is 28.8 Å². The fraction of sp³-hybridized carbons (Fsp3) is 0.250. The quantitative estimate of drug-likeness (QED) is 0.212. The molecule has 3 aromatic rings. The number of rotatable bonds is 6. The van der Waals surface area contributed by atoms with Crippen molar-refractivity contribution in [3.63, 3.8) is 0 Å². The molecule has 0 unspecified atom stereocenters. The van der Waals surface area contributed by atoms with Gasteiger partial charge in [0.2, 0.25) is 17.7 Å². The van der Waals surface area contributed by atoms with Gasteiger partial charge in [0.1, 0.15) is 0 Å². The van der Waals surface area contributed by atoms with E-state index in [0.717, 1.165) is 16.7 Å². The predicted octanol–water partition coefficient (Wildman–Crippen LogP) is 3.42. The van der Waals surface area contributed by atoms with Gasteiger partial charge in [-0.05, 0) is 73.9 Å². The SMILES string of the molecule is Cc1ccc(C(=O)O)cc1N1CCC(=O)NC1=O.Cc1ccc(C(=O)O)cc1N1CCC(=O)NC1=O.Cc1ccc(C(=O)O)cc1N1CCC(=O)NC1=O. The third-order valence-corrected chi connectivity index (χ3v) is 8.40. The van der Waals surface area contributed by atoms with Crippen molar-refractivity contribution in [2.45, 2.75) is 40.0 Å². The van der Waals surface area contributed by atoms with Crippen LogP contribution in [0.2, 0.25) is 0 Å². The van der Waals surface area contributed by atoms with Gasteiger partial charge in [0.05, 0.1) is 16.7 Å². The average molecular weight is 745 g/mol. The number of benzene rings is 3. The van der Waals surface area contributed by atoms with Gasteiger partial charge in [-0.3, -0.25) is 45.0 Å². The molecule has 0 aromatic heterocycles. The lowest BCUT2D eigenvalue weighted by molar-refractivity contribution is -0.121. The molecule has 0 bridgehead atoms. The Balaban J connectivity index is 0.000000180. The van der Waals surface area contributed by atoms with Gasteiger partial charge in [-0.15, -0.1) is 0 Å². The highest BCUT2D eigenvalue weighted by Crippen LogP contribution is 2.26. The van der Waals surface area contributed by atoms with Gasteiger partial charge in [-0.1, -0.05) is 18.2 Å². The van der Waals surface area contributed by atoms with Crippen molar-refractivity contribution in [2.75, 3.05) is 34.3 Å². The molecule has 0 atom stereocenters. The second-order valence-corrected chi connectivity index (χ2v) is 12.2. The second-order valence-electron chi connectivity index (χ2n) is 12.2. The van der Waals surface area contributed by atoms with E-state index in [4.69, 9.17) is 15.3 Å². The summed E-state index contributed by atoms with van der Waals surface area (Å²) in [7, 11) is 0. The number of anilines is 3. The molecule has 54 heavy (non-hydrogen) atoms. The van der Waals surface area contributed by atoms with Crippen molar-refractivity contribution in [1.29, 1.82) is 0 Å². The van der Waals surface area contributed by atoms with Gasteiger partial charge < -0.3 is 15.3 Å². The van der Waals surface area contributed by atoms with Crippen LogP contribution in [0.25, 0.3) is 0 Å². The number of hydrogen-bond donors (Lipinski definition) is 6. The normalized spacial score (nSPS) is 15.5. The number of amides is 9. The van der Waals surface area contributed by atoms with Gasteiger partial charge in [0.15, 0.2) is 0 Å². The summed E-state index contributed by atoms with van der Waals surface area (Å²) in [6.45, 7) is 6.12. The highest BCUT2D eigenvalue weighted by molar-refractivity contribution is 6.08. The summed E-state index contributed by atoms with van der Waals surface area (Å²) in [6.07, 6.45) is 0.632. The maximum Gasteiger partial charge on any atom is 0.335 e. The Hall–Kier alpha value is -7.11. The Morgan fingerprint density at radius 3 is 0.907 bits per heavy atom. The van der Waals surface area contributed by atoms with E-state index in [-0.39, 0.29) is 73.3 Å². The summed E-state index contributed by atoms with van der Waals surface area (Å²) in [5.74, 6) is -4.10. The van der Waals surface area contributed by atoms with E-state index >= 15 is 0 Å². The first kappa shape index (κ1) is 39.7. The van der Waals surface area contributed by atoms with E-state index in [9.17, 15) is 43.2 Å². The van der Waals surface area contributed by atoms with Gasteiger partial charge >= 0.3 is 36.0 Å². The summed E-state index contributed by atoms with van der Waals surface area (Å²) in [4.78, 5) is 105. The molecule has 0 saturated carbocycles. The van der Waals surface area contributed by atoms with E-state index in [0.29, 0.717) is 17.1 Å². The topological polar surface area (TPSA) is 260 Å². The molecule has 18 heteroatoms. The van der Waals surface area contributed by atoms with Crippen LogP contribution >= 0.6 is 0 Å². The molecule has 18 nitrogen and oxygen atoms in total. The lowest BCUT2D eigenvalue weighted by atomic mass is 10.1. The largest absolute Gasteiger partial charge is 0.478 e. The van der Waals surface area contributed by atoms with Crippen LogP contribution in [-0.4, -0.2) is 88.7 Å². The molecule has 6 N–H and O–H groups in total. The summed E-state index contributed by atoms with van der Waals surface area (Å²) < 4.78 is 0. The number of nitrogens with zero attached hydrogens (tertiary/aromatic N) is 3. The number of aromatic carboxylic acids is 3. The van der Waals surface area contributed by atoms with Crippen molar-refractivity contribution in [3.8, 4) is 0 Å². The number of nitrogens with one attached hydrogen (secondary N) is 3. The molecular formula is C36H36N6O12. The third kappa shape index (κ3) is 9.60. The molecule has 0 radical (unpaired) electrons. The molecule has 3 fully saturated rings. The van der Waals surface area contributed by atoms with Crippen LogP contribution < -0.4 is 30.7 Å². The molecule has 9 amide bonds. The maximum absolute atomic E-state index is 11.7. The number of carbonyl (C=O) groups excluding carboxylic acids is 6. The lowest BCUT2D eigenvalue weighted by Gasteiger charge is -2.28. The Kier molecular flexibility index (Phi) is 12.4. The number of urea groups is 3. The second kappa shape index (κ2) is 16.9. The molecule has 0 aliphatic carbocycles. The van der Waals surface area contributed by atoms with Crippen molar-refractivity contribution in [2.24, 2.45) is 0 Å². The minimum atomic E-state index is -1.05. The molecular weight excluding hydrogens is 708 g/mol. The van der Waals surface area contributed by atoms with Crippen molar-refractivity contribution >= 4 is 70.8 Å². The van der Waals surface area contributed by atoms with Crippen LogP contribution in [0.5, 0.6) is 0 Å². The van der Waals surface area contributed by atoms with E-state index in [2.05, 4.69) is 16.0 Å². The van der Waals surface area contributed by atoms with Crippen LogP contribution in [-0.2, 0) is 14.4 Å². The Labute approximate surface area is 307 Å². The van der Waals surface area contributed by atoms with Crippen LogP contribution in [0.3, 0.4) is 0 Å². The minimum Gasteiger partial charge on any atom is -0.478 e. The highest BCUT2D eigenvalue weighted by atomic mass is 16.4. The standard InChI is InChI=1S/3C12H12N2O4/c3*1-7-2-3-8(11(16)17)6-9(7)14-5-4-10(15)13-12(14)18/h3*2-3,6H,4-5H2,1H3,(H,16,17)(H,13,15,18). The van der Waals surface area contributed by atoms with Crippen LogP contribution in [0.1, 0.15) is 67.0 Å². The fourth-order valence-electron chi connectivity index (χ4n) is 5.48. The average Bonchev–Trinajstić information content (AvgIpc) is 3.10. The zero-order valence-electron chi connectivity index (χ0n) is 29.3. The van der Waals surface area contributed by atoms with Gasteiger partial charge in [0, 0.05) is 56.0 Å². The number of carboxylic acids is 3. The van der Waals surface area contributed by atoms with E-state index in [1.54, 1.807) is 39.0 Å². The molecule has 3 aliphatic heterocycles. The van der Waals surface area contributed by atoms with Gasteiger partial charge in [0.25, 0.3) is 0 Å². The monoisotopic (exact) mass is 744 g/mol. The molecule has 3 aliphatic rings. The minimum absolute atomic E-state index is 0.111. The van der Waals surface area contributed by atoms with E-state index in [1.165, 1.54) is 51.1 Å². The van der Waals surface area contributed by atoms with E-state index in [1.807, 2.05) is 0 Å². The summed E-state index contributed by atoms with van der Waals surface area (Å²) in [6, 6.07) is 12.1. The molecule has 6 rings (SSSR count). The number of carbonyl (C=O) groups is 9. The first-order chi connectivity index (χ1) is 25.5. The smallest absolute Gasteiger partial charge is 0.335 e. The number of hydrogen-bond acceptors (Lipinski definition) is 9. The Morgan fingerprint density at radius 1 is 0.463 bits per heavy atom. The van der Waals surface area contributed by atoms with Crippen LogP contribution in [0.4, 0.5) is 31.4 Å². The molecule has 3 saturated heterocycles. The Bertz CT molecular complexity index is 1850. The number of imide groups is 3. The predicted molar refractivity (Wildman–Crippen MR) is 191 cm³/mol. The lowest BCUT2D eigenvalue weighted by Crippen LogP contribution is -2.49. The zero-order valence-corrected chi connectivity index (χ0v) is 29.3. The number of aryl methyl sites for hydroxylation is 3. The summed E-state index contributed by atoms with van der Waals surface area (Å²) in [5, 5.41) is 33.4. The molecule has 3 heterocycles. The first-order valence-electron chi connectivity index (χ1n) is 16.3. The summed E-state index contributed by atoms with van der Waals surface area (Å²) >= 11 is 0. The van der Waals surface area contributed by atoms with Crippen molar-refractivity contribution in [3.05, 3.63) is 88.0 Å². The highest BCUT2D eigenvalue weighted by Gasteiger charge is 2.28. The molecule has 0 spiro atoms. The first-order valence-corrected chi connectivity index (χ1v) is 16.3. The van der Waals surface area contributed by atoms with Crippen LogP contribution in [0, 0.1) is 20.8 Å². The molecule has 3 aromatic carbocycles. The zero-order chi connectivity index (χ0) is 39.9. The summed E-state index contributed by atoms with van der Waals surface area (Å²) in [5.41, 5.74) is 4.22. The third-order valence-electron chi connectivity index (χ3n) is 8.40. The molecule has 282 valence electrons. The van der Waals surface area contributed by atoms with Crippen molar-refractivity contribution in [1.82, 2.24) is 16.0 Å². The number of carboxylic acid groups (broad SMARTS) is 3. The fourth-order valence-corrected chi connectivity index (χ4v) is 5.48.